The predicted molar refractivity (Wildman–Crippen MR) is 106 cm³/mol. The molecule has 0 saturated carbocycles. The number of hydrogen-bond donors (Lipinski definition) is 1. The number of benzene rings is 2. The summed E-state index contributed by atoms with van der Waals surface area (Å²) in [5.74, 6) is 0.906. The number of aryl methyl sites for hydroxylation is 1. The molecule has 4 nitrogen and oxygen atoms in total. The molecule has 0 saturated heterocycles. The summed E-state index contributed by atoms with van der Waals surface area (Å²) in [6, 6.07) is 13.0. The van der Waals surface area contributed by atoms with Gasteiger partial charge in [-0.2, -0.15) is 0 Å². The van der Waals surface area contributed by atoms with E-state index in [0.717, 1.165) is 49.2 Å². The van der Waals surface area contributed by atoms with Crippen LogP contribution in [0.2, 0.25) is 5.02 Å². The van der Waals surface area contributed by atoms with Gasteiger partial charge in [-0.1, -0.05) is 35.9 Å². The van der Waals surface area contributed by atoms with Gasteiger partial charge in [0.25, 0.3) is 0 Å². The van der Waals surface area contributed by atoms with E-state index in [1.165, 1.54) is 17.5 Å². The van der Waals surface area contributed by atoms with Crippen LogP contribution in [0.4, 0.5) is 0 Å². The topological polar surface area (TPSA) is 41.9 Å². The zero-order valence-electron chi connectivity index (χ0n) is 15.5. The predicted octanol–water partition coefficient (Wildman–Crippen LogP) is 4.47. The van der Waals surface area contributed by atoms with Gasteiger partial charge in [0.2, 0.25) is 0 Å². The molecule has 0 aromatic heterocycles. The summed E-state index contributed by atoms with van der Waals surface area (Å²) in [5.41, 5.74) is 4.97. The maximum atomic E-state index is 9.42. The Bertz CT molecular complexity index is 795. The molecule has 0 bridgehead atoms. The molecule has 1 heterocycles. The lowest BCUT2D eigenvalue weighted by atomic mass is 9.86. The van der Waals surface area contributed by atoms with Gasteiger partial charge >= 0.3 is 0 Å². The zero-order valence-corrected chi connectivity index (χ0v) is 16.3. The monoisotopic (exact) mass is 387 g/mol. The van der Waals surface area contributed by atoms with Crippen molar-refractivity contribution in [2.45, 2.75) is 44.9 Å². The van der Waals surface area contributed by atoms with E-state index < -0.39 is 0 Å². The lowest BCUT2D eigenvalue weighted by Gasteiger charge is -2.36. The third kappa shape index (κ3) is 4.14. The van der Waals surface area contributed by atoms with Gasteiger partial charge in [-0.15, -0.1) is 0 Å². The lowest BCUT2D eigenvalue weighted by molar-refractivity contribution is -0.0177. The van der Waals surface area contributed by atoms with Crippen LogP contribution in [0.5, 0.6) is 5.75 Å². The van der Waals surface area contributed by atoms with E-state index in [0.29, 0.717) is 17.7 Å². The molecule has 4 rings (SSSR count). The van der Waals surface area contributed by atoms with Crippen molar-refractivity contribution in [2.24, 2.45) is 0 Å². The Hall–Kier alpha value is -1.59. The fourth-order valence-electron chi connectivity index (χ4n) is 4.32. The van der Waals surface area contributed by atoms with Gasteiger partial charge in [0.05, 0.1) is 6.61 Å². The normalized spacial score (nSPS) is 18.7. The van der Waals surface area contributed by atoms with Crippen LogP contribution in [0.15, 0.2) is 36.4 Å². The summed E-state index contributed by atoms with van der Waals surface area (Å²) >= 11 is 6.37. The Labute approximate surface area is 165 Å². The van der Waals surface area contributed by atoms with Gasteiger partial charge in [-0.3, -0.25) is 4.90 Å². The molecule has 1 atom stereocenters. The van der Waals surface area contributed by atoms with E-state index in [4.69, 9.17) is 21.1 Å². The Morgan fingerprint density at radius 3 is 2.96 bits per heavy atom. The van der Waals surface area contributed by atoms with Crippen molar-refractivity contribution < 1.29 is 14.6 Å². The second-order valence-electron chi connectivity index (χ2n) is 7.32. The number of fused-ring (bicyclic) bond motifs is 2. The van der Waals surface area contributed by atoms with Crippen molar-refractivity contribution in [1.29, 1.82) is 0 Å². The molecule has 0 unspecified atom stereocenters. The maximum absolute atomic E-state index is 9.42. The highest BCUT2D eigenvalue weighted by Gasteiger charge is 2.27. The molecule has 0 radical (unpaired) electrons. The highest BCUT2D eigenvalue weighted by atomic mass is 35.5. The highest BCUT2D eigenvalue weighted by molar-refractivity contribution is 6.30. The minimum absolute atomic E-state index is 0.197. The van der Waals surface area contributed by atoms with E-state index in [2.05, 4.69) is 29.2 Å². The number of ether oxygens (including phenoxy) is 2. The first-order chi connectivity index (χ1) is 13.3. The lowest BCUT2D eigenvalue weighted by Crippen LogP contribution is -2.32. The molecule has 27 heavy (non-hydrogen) atoms. The van der Waals surface area contributed by atoms with Crippen LogP contribution in [-0.4, -0.2) is 30.0 Å². The quantitative estimate of drug-likeness (QED) is 0.794. The molecule has 1 N–H and O–H groups in total. The number of aliphatic hydroxyl groups excluding tert-OH is 1. The summed E-state index contributed by atoms with van der Waals surface area (Å²) in [4.78, 5) is 2.47. The molecule has 144 valence electrons. The van der Waals surface area contributed by atoms with Crippen molar-refractivity contribution in [3.63, 3.8) is 0 Å². The van der Waals surface area contributed by atoms with Crippen LogP contribution < -0.4 is 4.74 Å². The molecule has 2 aromatic rings. The minimum Gasteiger partial charge on any atom is -0.467 e. The molecule has 2 aromatic carbocycles. The summed E-state index contributed by atoms with van der Waals surface area (Å²) in [5, 5.41) is 10.1. The molecular formula is C22H26ClNO3. The Morgan fingerprint density at radius 2 is 2.07 bits per heavy atom. The van der Waals surface area contributed by atoms with Gasteiger partial charge in [0.15, 0.2) is 6.79 Å². The fraction of sp³-hybridized carbons (Fsp3) is 0.455. The van der Waals surface area contributed by atoms with Gasteiger partial charge in [0, 0.05) is 41.9 Å². The standard InChI is InChI=1S/C22H26ClNO3/c23-19-11-17(22-18(12-19)14-26-15-27-22)13-24(9-4-10-25)21-8-3-6-16-5-1-2-7-20(16)21/h1-2,5,7,11-12,21,25H,3-4,6,8-10,13-15H2/t21-/m1/s1. The van der Waals surface area contributed by atoms with Gasteiger partial charge in [-0.05, 0) is 48.9 Å². The summed E-state index contributed by atoms with van der Waals surface area (Å²) in [7, 11) is 0. The number of halogens is 1. The van der Waals surface area contributed by atoms with E-state index in [1.807, 2.05) is 12.1 Å². The first kappa shape index (κ1) is 18.8. The molecule has 1 aliphatic carbocycles. The Balaban J connectivity index is 1.66. The van der Waals surface area contributed by atoms with Crippen molar-refractivity contribution >= 4 is 11.6 Å². The van der Waals surface area contributed by atoms with Crippen molar-refractivity contribution in [3.05, 3.63) is 63.7 Å². The first-order valence-corrected chi connectivity index (χ1v) is 10.1. The number of aliphatic hydroxyl groups is 1. The molecule has 0 spiro atoms. The average molecular weight is 388 g/mol. The largest absolute Gasteiger partial charge is 0.467 e. The van der Waals surface area contributed by atoms with Crippen molar-refractivity contribution in [2.75, 3.05) is 19.9 Å². The molecule has 5 heteroatoms. The summed E-state index contributed by atoms with van der Waals surface area (Å²) in [6.07, 6.45) is 4.23. The second-order valence-corrected chi connectivity index (χ2v) is 7.75. The molecular weight excluding hydrogens is 362 g/mol. The fourth-order valence-corrected chi connectivity index (χ4v) is 4.58. The third-order valence-corrected chi connectivity index (χ3v) is 5.73. The van der Waals surface area contributed by atoms with E-state index in [-0.39, 0.29) is 13.4 Å². The highest BCUT2D eigenvalue weighted by Crippen LogP contribution is 2.38. The maximum Gasteiger partial charge on any atom is 0.189 e. The van der Waals surface area contributed by atoms with Crippen LogP contribution in [0.1, 0.15) is 47.6 Å². The SMILES string of the molecule is OCCCN(Cc1cc(Cl)cc2c1OCOC2)[C@@H]1CCCc2ccccc21. The minimum atomic E-state index is 0.197. The van der Waals surface area contributed by atoms with Crippen molar-refractivity contribution in [1.82, 2.24) is 4.90 Å². The van der Waals surface area contributed by atoms with Crippen LogP contribution in [-0.2, 0) is 24.3 Å². The molecule has 0 amide bonds. The summed E-state index contributed by atoms with van der Waals surface area (Å²) < 4.78 is 11.2. The smallest absolute Gasteiger partial charge is 0.189 e. The van der Waals surface area contributed by atoms with E-state index >= 15 is 0 Å². The zero-order chi connectivity index (χ0) is 18.6. The van der Waals surface area contributed by atoms with Gasteiger partial charge < -0.3 is 14.6 Å². The first-order valence-electron chi connectivity index (χ1n) is 9.71. The van der Waals surface area contributed by atoms with E-state index in [1.54, 1.807) is 0 Å². The number of nitrogens with zero attached hydrogens (tertiary/aromatic N) is 1. The van der Waals surface area contributed by atoms with Crippen LogP contribution in [0.3, 0.4) is 0 Å². The average Bonchev–Trinajstić information content (AvgIpc) is 2.70. The third-order valence-electron chi connectivity index (χ3n) is 5.51. The van der Waals surface area contributed by atoms with Crippen LogP contribution in [0, 0.1) is 0 Å². The van der Waals surface area contributed by atoms with Gasteiger partial charge in [0.1, 0.15) is 5.75 Å². The molecule has 1 aliphatic heterocycles. The number of rotatable bonds is 6. The summed E-state index contributed by atoms with van der Waals surface area (Å²) in [6.45, 7) is 2.61. The Morgan fingerprint density at radius 1 is 1.19 bits per heavy atom. The number of hydrogen-bond acceptors (Lipinski definition) is 4. The van der Waals surface area contributed by atoms with Crippen LogP contribution in [0.25, 0.3) is 0 Å². The Kier molecular flexibility index (Phi) is 5.98. The van der Waals surface area contributed by atoms with E-state index in [9.17, 15) is 5.11 Å². The molecule has 0 fully saturated rings. The van der Waals surface area contributed by atoms with Gasteiger partial charge in [-0.25, -0.2) is 0 Å². The van der Waals surface area contributed by atoms with Crippen molar-refractivity contribution in [3.8, 4) is 5.75 Å². The molecule has 2 aliphatic rings. The van der Waals surface area contributed by atoms with Crippen LogP contribution >= 0.6 is 11.6 Å². The second kappa shape index (κ2) is 8.61.